The Labute approximate surface area is 143 Å². The van der Waals surface area contributed by atoms with Crippen LogP contribution in [0.3, 0.4) is 0 Å². The number of carbonyl (C=O) groups is 2. The fraction of sp³-hybridized carbons (Fsp3) is 0.588. The van der Waals surface area contributed by atoms with Gasteiger partial charge in [-0.3, -0.25) is 9.59 Å². The van der Waals surface area contributed by atoms with Crippen molar-refractivity contribution in [2.75, 3.05) is 12.4 Å². The molecule has 3 saturated carbocycles. The minimum Gasteiger partial charge on any atom is -0.469 e. The molecule has 6 heteroatoms. The molecule has 4 atom stereocenters. The number of hydrogen-bond acceptors (Lipinski definition) is 4. The second kappa shape index (κ2) is 5.30. The number of ether oxygens (including phenoxy) is 1. The third-order valence-electron chi connectivity index (χ3n) is 6.12. The molecule has 3 aliphatic carbocycles. The predicted molar refractivity (Wildman–Crippen MR) is 87.4 cm³/mol. The molecule has 1 aromatic rings. The highest BCUT2D eigenvalue weighted by Crippen LogP contribution is 2.74. The molecule has 3 fully saturated rings. The highest BCUT2D eigenvalue weighted by atomic mass is 79.9. The van der Waals surface area contributed by atoms with Crippen LogP contribution in [0.1, 0.15) is 25.7 Å². The van der Waals surface area contributed by atoms with Crippen molar-refractivity contribution < 1.29 is 14.3 Å². The standard InChI is InChI=1S/C17H19BrN2O3/c1-23-16(22)14-11-4-3-10(17(11)6-7-17)13(14)15(21)20-9-2-5-12(18)19-8-9/h2,5,8,10-11,13-14H,3-4,6-7H2,1H3,(H,20,21)/t10-,11+,13?,14+/m0/s1. The van der Waals surface area contributed by atoms with Gasteiger partial charge in [-0.05, 0) is 71.0 Å². The number of nitrogens with zero attached hydrogens (tertiary/aromatic N) is 1. The van der Waals surface area contributed by atoms with Crippen LogP contribution in [0.4, 0.5) is 5.69 Å². The zero-order chi connectivity index (χ0) is 16.2. The third-order valence-corrected chi connectivity index (χ3v) is 6.59. The van der Waals surface area contributed by atoms with Crippen LogP contribution in [-0.4, -0.2) is 24.0 Å². The maximum atomic E-state index is 12.9. The van der Waals surface area contributed by atoms with Crippen molar-refractivity contribution in [2.24, 2.45) is 29.1 Å². The summed E-state index contributed by atoms with van der Waals surface area (Å²) in [4.78, 5) is 29.3. The minimum absolute atomic E-state index is 0.0667. The Morgan fingerprint density at radius 3 is 2.52 bits per heavy atom. The van der Waals surface area contributed by atoms with E-state index in [9.17, 15) is 9.59 Å². The first-order chi connectivity index (χ1) is 11.1. The number of pyridine rings is 1. The Kier molecular flexibility index (Phi) is 3.48. The fourth-order valence-electron chi connectivity index (χ4n) is 5.14. The Morgan fingerprint density at radius 1 is 1.26 bits per heavy atom. The van der Waals surface area contributed by atoms with Gasteiger partial charge >= 0.3 is 5.97 Å². The van der Waals surface area contributed by atoms with E-state index >= 15 is 0 Å². The zero-order valence-corrected chi connectivity index (χ0v) is 14.5. The maximum absolute atomic E-state index is 12.9. The molecule has 1 N–H and O–H groups in total. The predicted octanol–water partition coefficient (Wildman–Crippen LogP) is 3.01. The average molecular weight is 379 g/mol. The van der Waals surface area contributed by atoms with E-state index in [2.05, 4.69) is 26.2 Å². The van der Waals surface area contributed by atoms with Crippen LogP contribution < -0.4 is 5.32 Å². The van der Waals surface area contributed by atoms with E-state index in [1.807, 2.05) is 6.07 Å². The molecule has 1 spiro atoms. The molecule has 0 radical (unpaired) electrons. The van der Waals surface area contributed by atoms with E-state index in [4.69, 9.17) is 4.74 Å². The molecule has 1 aromatic heterocycles. The molecule has 23 heavy (non-hydrogen) atoms. The van der Waals surface area contributed by atoms with Crippen molar-refractivity contribution in [3.63, 3.8) is 0 Å². The third kappa shape index (κ3) is 2.22. The van der Waals surface area contributed by atoms with Crippen LogP contribution in [0.2, 0.25) is 0 Å². The van der Waals surface area contributed by atoms with Gasteiger partial charge in [-0.25, -0.2) is 4.98 Å². The molecular weight excluding hydrogens is 360 g/mol. The van der Waals surface area contributed by atoms with E-state index in [0.717, 1.165) is 30.3 Å². The van der Waals surface area contributed by atoms with Crippen LogP contribution in [0.25, 0.3) is 0 Å². The highest BCUT2D eigenvalue weighted by molar-refractivity contribution is 9.10. The monoisotopic (exact) mass is 378 g/mol. The second-order valence-electron chi connectivity index (χ2n) is 6.96. The quantitative estimate of drug-likeness (QED) is 0.648. The van der Waals surface area contributed by atoms with Crippen LogP contribution in [0.5, 0.6) is 0 Å². The van der Waals surface area contributed by atoms with E-state index in [1.54, 1.807) is 12.3 Å². The number of carbonyl (C=O) groups excluding carboxylic acids is 2. The second-order valence-corrected chi connectivity index (χ2v) is 7.77. The summed E-state index contributed by atoms with van der Waals surface area (Å²) in [6.45, 7) is 0. The number of hydrogen-bond donors (Lipinski definition) is 1. The zero-order valence-electron chi connectivity index (χ0n) is 12.9. The van der Waals surface area contributed by atoms with E-state index < -0.39 is 0 Å². The van der Waals surface area contributed by atoms with Crippen LogP contribution in [0.15, 0.2) is 22.9 Å². The largest absolute Gasteiger partial charge is 0.469 e. The summed E-state index contributed by atoms with van der Waals surface area (Å²) in [5.74, 6) is -0.212. The van der Waals surface area contributed by atoms with Crippen LogP contribution in [-0.2, 0) is 14.3 Å². The lowest BCUT2D eigenvalue weighted by molar-refractivity contribution is -0.151. The number of amides is 1. The first kappa shape index (κ1) is 15.1. The number of methoxy groups -OCH3 is 1. The molecule has 122 valence electrons. The number of aromatic nitrogens is 1. The minimum atomic E-state index is -0.287. The molecule has 0 aliphatic heterocycles. The van der Waals surface area contributed by atoms with Gasteiger partial charge < -0.3 is 10.1 Å². The summed E-state index contributed by atoms with van der Waals surface area (Å²) < 4.78 is 5.74. The molecule has 0 saturated heterocycles. The van der Waals surface area contributed by atoms with Crippen molar-refractivity contribution in [3.8, 4) is 0 Å². The molecule has 5 nitrogen and oxygen atoms in total. The number of anilines is 1. The van der Waals surface area contributed by atoms with Gasteiger partial charge in [-0.1, -0.05) is 0 Å². The van der Waals surface area contributed by atoms with Crippen molar-refractivity contribution in [1.82, 2.24) is 4.98 Å². The number of esters is 1. The van der Waals surface area contributed by atoms with Gasteiger partial charge in [0.1, 0.15) is 4.60 Å². The van der Waals surface area contributed by atoms with Gasteiger partial charge in [-0.15, -0.1) is 0 Å². The number of rotatable bonds is 3. The molecule has 1 unspecified atom stereocenters. The number of nitrogens with one attached hydrogen (secondary N) is 1. The molecule has 4 rings (SSSR count). The normalized spacial score (nSPS) is 32.8. The smallest absolute Gasteiger partial charge is 0.309 e. The van der Waals surface area contributed by atoms with Gasteiger partial charge in [0.15, 0.2) is 0 Å². The summed E-state index contributed by atoms with van der Waals surface area (Å²) in [5.41, 5.74) is 0.896. The van der Waals surface area contributed by atoms with Gasteiger partial charge in [0, 0.05) is 0 Å². The molecule has 2 bridgehead atoms. The van der Waals surface area contributed by atoms with E-state index in [-0.39, 0.29) is 29.1 Å². The molecule has 1 amide bonds. The Morgan fingerprint density at radius 2 is 1.96 bits per heavy atom. The van der Waals surface area contributed by atoms with E-state index in [0.29, 0.717) is 17.5 Å². The van der Waals surface area contributed by atoms with Crippen LogP contribution >= 0.6 is 15.9 Å². The Balaban J connectivity index is 1.59. The van der Waals surface area contributed by atoms with E-state index in [1.165, 1.54) is 7.11 Å². The first-order valence-corrected chi connectivity index (χ1v) is 8.86. The van der Waals surface area contributed by atoms with Crippen molar-refractivity contribution >= 4 is 33.5 Å². The lowest BCUT2D eigenvalue weighted by Crippen LogP contribution is -2.38. The molecular formula is C17H19BrN2O3. The summed E-state index contributed by atoms with van der Waals surface area (Å²) in [5, 5.41) is 2.94. The lowest BCUT2D eigenvalue weighted by atomic mass is 9.78. The summed E-state index contributed by atoms with van der Waals surface area (Å²) in [6, 6.07) is 3.60. The van der Waals surface area contributed by atoms with Crippen molar-refractivity contribution in [2.45, 2.75) is 25.7 Å². The lowest BCUT2D eigenvalue weighted by Gasteiger charge is -2.27. The van der Waals surface area contributed by atoms with Gasteiger partial charge in [0.25, 0.3) is 0 Å². The summed E-state index contributed by atoms with van der Waals surface area (Å²) in [6.07, 6.45) is 6.02. The van der Waals surface area contributed by atoms with Gasteiger partial charge in [0.05, 0.1) is 30.8 Å². The SMILES string of the molecule is COC(=O)[C@H]1C(C(=O)Nc2ccc(Br)nc2)[C@@H]2CC[C@H]1C21CC1. The number of halogens is 1. The summed E-state index contributed by atoms with van der Waals surface area (Å²) in [7, 11) is 1.42. The Hall–Kier alpha value is -1.43. The van der Waals surface area contributed by atoms with Crippen molar-refractivity contribution in [3.05, 3.63) is 22.9 Å². The molecule has 3 aliphatic rings. The Bertz CT molecular complexity index is 656. The first-order valence-electron chi connectivity index (χ1n) is 8.07. The van der Waals surface area contributed by atoms with Gasteiger partial charge in [-0.2, -0.15) is 0 Å². The average Bonchev–Trinajstić information content (AvgIpc) is 3.22. The van der Waals surface area contributed by atoms with Crippen molar-refractivity contribution in [1.29, 1.82) is 0 Å². The topological polar surface area (TPSA) is 68.3 Å². The molecule has 1 heterocycles. The van der Waals surface area contributed by atoms with Crippen LogP contribution in [0, 0.1) is 29.1 Å². The van der Waals surface area contributed by atoms with Gasteiger partial charge in [0.2, 0.25) is 5.91 Å². The summed E-state index contributed by atoms with van der Waals surface area (Å²) >= 11 is 3.28. The fourth-order valence-corrected chi connectivity index (χ4v) is 5.37. The highest BCUT2D eigenvalue weighted by Gasteiger charge is 2.71. The maximum Gasteiger partial charge on any atom is 0.309 e. The molecule has 0 aromatic carbocycles.